The van der Waals surface area contributed by atoms with Gasteiger partial charge in [0.15, 0.2) is 0 Å². The maximum Gasteiger partial charge on any atom is 0.269 e. The summed E-state index contributed by atoms with van der Waals surface area (Å²) in [5.74, 6) is 5.00. The highest BCUT2D eigenvalue weighted by molar-refractivity contribution is 7.12. The molecule has 0 saturated heterocycles. The minimum atomic E-state index is -0.378. The highest BCUT2D eigenvalue weighted by atomic mass is 32.1. The molecule has 3 nitrogen and oxygen atoms in total. The monoisotopic (exact) mass is 288 g/mol. The van der Waals surface area contributed by atoms with E-state index in [1.165, 1.54) is 28.4 Å². The Kier molecular flexibility index (Phi) is 4.51. The Morgan fingerprint density at radius 1 is 1.45 bits per heavy atom. The molecule has 0 radical (unpaired) electrons. The zero-order chi connectivity index (χ0) is 14.5. The lowest BCUT2D eigenvalue weighted by molar-refractivity contribution is 0.0996. The average Bonchev–Trinajstić information content (AvgIpc) is 2.91. The molecule has 102 valence electrons. The van der Waals surface area contributed by atoms with Crippen LogP contribution in [0.5, 0.6) is 0 Å². The van der Waals surface area contributed by atoms with E-state index >= 15 is 0 Å². The van der Waals surface area contributed by atoms with Gasteiger partial charge < -0.3 is 10.6 Å². The van der Waals surface area contributed by atoms with Crippen LogP contribution in [0.25, 0.3) is 0 Å². The second kappa shape index (κ2) is 6.33. The number of hydrogen-bond donors (Lipinski definition) is 1. The maximum atomic E-state index is 13.2. The number of thiophene rings is 1. The SMILES string of the molecule is CN(C(=O)c1sccc1C#CCN)c1cccc(F)c1. The van der Waals surface area contributed by atoms with Crippen LogP contribution in [0, 0.1) is 17.7 Å². The summed E-state index contributed by atoms with van der Waals surface area (Å²) in [6, 6.07) is 7.68. The Morgan fingerprint density at radius 2 is 2.25 bits per heavy atom. The Labute approximate surface area is 120 Å². The number of carbonyl (C=O) groups is 1. The standard InChI is InChI=1S/C15H13FN2OS/c1-18(13-6-2-5-12(16)10-13)15(19)14-11(4-3-8-17)7-9-20-14/h2,5-7,9-10H,8,17H2,1H3. The molecule has 0 aliphatic rings. The van der Waals surface area contributed by atoms with E-state index in [2.05, 4.69) is 11.8 Å². The smallest absolute Gasteiger partial charge is 0.269 e. The van der Waals surface area contributed by atoms with Crippen molar-refractivity contribution in [1.82, 2.24) is 0 Å². The lowest BCUT2D eigenvalue weighted by Gasteiger charge is -2.16. The van der Waals surface area contributed by atoms with Gasteiger partial charge in [-0.25, -0.2) is 4.39 Å². The van der Waals surface area contributed by atoms with Gasteiger partial charge in [0, 0.05) is 18.3 Å². The van der Waals surface area contributed by atoms with Crippen molar-refractivity contribution in [2.75, 3.05) is 18.5 Å². The Bertz CT molecular complexity index is 684. The van der Waals surface area contributed by atoms with Crippen LogP contribution in [0.4, 0.5) is 10.1 Å². The molecule has 20 heavy (non-hydrogen) atoms. The van der Waals surface area contributed by atoms with E-state index in [0.29, 0.717) is 16.1 Å². The quantitative estimate of drug-likeness (QED) is 0.863. The fourth-order valence-electron chi connectivity index (χ4n) is 1.67. The van der Waals surface area contributed by atoms with Crippen molar-refractivity contribution >= 4 is 22.9 Å². The van der Waals surface area contributed by atoms with Gasteiger partial charge in [0.1, 0.15) is 10.7 Å². The van der Waals surface area contributed by atoms with Crippen LogP contribution in [0.2, 0.25) is 0 Å². The van der Waals surface area contributed by atoms with Gasteiger partial charge in [-0.3, -0.25) is 4.79 Å². The molecule has 0 spiro atoms. The highest BCUT2D eigenvalue weighted by Crippen LogP contribution is 2.22. The first-order chi connectivity index (χ1) is 9.63. The molecule has 1 heterocycles. The largest absolute Gasteiger partial charge is 0.320 e. The topological polar surface area (TPSA) is 46.3 Å². The molecule has 2 aromatic rings. The zero-order valence-electron chi connectivity index (χ0n) is 10.9. The Morgan fingerprint density at radius 3 is 2.95 bits per heavy atom. The number of benzene rings is 1. The molecule has 1 amide bonds. The third-order valence-corrected chi connectivity index (χ3v) is 3.59. The normalized spacial score (nSPS) is 9.75. The number of hydrogen-bond acceptors (Lipinski definition) is 3. The highest BCUT2D eigenvalue weighted by Gasteiger charge is 2.18. The van der Waals surface area contributed by atoms with Crippen molar-refractivity contribution in [3.63, 3.8) is 0 Å². The molecule has 1 aromatic carbocycles. The van der Waals surface area contributed by atoms with Crippen molar-refractivity contribution in [2.24, 2.45) is 5.73 Å². The van der Waals surface area contributed by atoms with E-state index in [9.17, 15) is 9.18 Å². The first kappa shape index (κ1) is 14.3. The minimum Gasteiger partial charge on any atom is -0.320 e. The van der Waals surface area contributed by atoms with E-state index in [-0.39, 0.29) is 18.3 Å². The van der Waals surface area contributed by atoms with Gasteiger partial charge in [-0.15, -0.1) is 11.3 Å². The lowest BCUT2D eigenvalue weighted by atomic mass is 10.2. The van der Waals surface area contributed by atoms with E-state index < -0.39 is 0 Å². The molecular formula is C15H13FN2OS. The van der Waals surface area contributed by atoms with Crippen LogP contribution >= 0.6 is 11.3 Å². The first-order valence-corrected chi connectivity index (χ1v) is 6.81. The summed E-state index contributed by atoms with van der Waals surface area (Å²) >= 11 is 1.31. The van der Waals surface area contributed by atoms with Gasteiger partial charge in [-0.1, -0.05) is 17.9 Å². The minimum absolute atomic E-state index is 0.216. The molecule has 0 fully saturated rings. The number of amides is 1. The summed E-state index contributed by atoms with van der Waals surface area (Å²) in [5, 5.41) is 1.80. The maximum absolute atomic E-state index is 13.2. The third kappa shape index (κ3) is 3.05. The van der Waals surface area contributed by atoms with Crippen molar-refractivity contribution in [3.8, 4) is 11.8 Å². The molecule has 0 saturated carbocycles. The fraction of sp³-hybridized carbons (Fsp3) is 0.133. The Balaban J connectivity index is 2.30. The molecule has 0 aliphatic heterocycles. The first-order valence-electron chi connectivity index (χ1n) is 5.93. The molecule has 2 rings (SSSR count). The number of carbonyl (C=O) groups excluding carboxylic acids is 1. The molecule has 0 bridgehead atoms. The predicted octanol–water partition coefficient (Wildman–Crippen LogP) is 2.47. The van der Waals surface area contributed by atoms with Gasteiger partial charge in [-0.2, -0.15) is 0 Å². The zero-order valence-corrected chi connectivity index (χ0v) is 11.7. The van der Waals surface area contributed by atoms with E-state index in [1.807, 2.05) is 0 Å². The summed E-state index contributed by atoms with van der Waals surface area (Å²) in [4.78, 5) is 14.3. The fourth-order valence-corrected chi connectivity index (χ4v) is 2.50. The van der Waals surface area contributed by atoms with Gasteiger partial charge in [0.25, 0.3) is 5.91 Å². The number of anilines is 1. The van der Waals surface area contributed by atoms with Crippen LogP contribution in [0.1, 0.15) is 15.2 Å². The van der Waals surface area contributed by atoms with Crippen LogP contribution in [-0.4, -0.2) is 19.5 Å². The van der Waals surface area contributed by atoms with Crippen LogP contribution in [0.15, 0.2) is 35.7 Å². The summed E-state index contributed by atoms with van der Waals surface area (Å²) in [6.07, 6.45) is 0. The second-order valence-corrected chi connectivity index (χ2v) is 4.93. The van der Waals surface area contributed by atoms with Crippen molar-refractivity contribution < 1.29 is 9.18 Å². The number of nitrogens with zero attached hydrogens (tertiary/aromatic N) is 1. The van der Waals surface area contributed by atoms with Gasteiger partial charge >= 0.3 is 0 Å². The lowest BCUT2D eigenvalue weighted by Crippen LogP contribution is -2.26. The van der Waals surface area contributed by atoms with E-state index in [1.54, 1.807) is 30.6 Å². The summed E-state index contributed by atoms with van der Waals surface area (Å²) in [5.41, 5.74) is 6.48. The molecule has 0 unspecified atom stereocenters. The van der Waals surface area contributed by atoms with Crippen molar-refractivity contribution in [2.45, 2.75) is 0 Å². The summed E-state index contributed by atoms with van der Waals surface area (Å²) in [7, 11) is 1.61. The van der Waals surface area contributed by atoms with Gasteiger partial charge in [0.2, 0.25) is 0 Å². The Hall–Kier alpha value is -2.16. The average molecular weight is 288 g/mol. The van der Waals surface area contributed by atoms with Gasteiger partial charge in [-0.05, 0) is 29.6 Å². The molecule has 0 aliphatic carbocycles. The van der Waals surface area contributed by atoms with E-state index in [0.717, 1.165) is 0 Å². The molecule has 2 N–H and O–H groups in total. The molecular weight excluding hydrogens is 275 g/mol. The van der Waals surface area contributed by atoms with Crippen LogP contribution in [0.3, 0.4) is 0 Å². The number of rotatable bonds is 2. The van der Waals surface area contributed by atoms with Crippen molar-refractivity contribution in [1.29, 1.82) is 0 Å². The summed E-state index contributed by atoms with van der Waals surface area (Å²) in [6.45, 7) is 0.239. The number of nitrogens with two attached hydrogens (primary N) is 1. The van der Waals surface area contributed by atoms with Crippen LogP contribution in [-0.2, 0) is 0 Å². The summed E-state index contributed by atoms with van der Waals surface area (Å²) < 4.78 is 13.2. The molecule has 0 atom stereocenters. The second-order valence-electron chi connectivity index (χ2n) is 4.01. The third-order valence-electron chi connectivity index (χ3n) is 2.68. The molecule has 1 aromatic heterocycles. The predicted molar refractivity (Wildman–Crippen MR) is 79.4 cm³/mol. The number of halogens is 1. The van der Waals surface area contributed by atoms with E-state index in [4.69, 9.17) is 5.73 Å². The van der Waals surface area contributed by atoms with Crippen LogP contribution < -0.4 is 10.6 Å². The van der Waals surface area contributed by atoms with Crippen molar-refractivity contribution in [3.05, 3.63) is 52.0 Å². The van der Waals surface area contributed by atoms with Gasteiger partial charge in [0.05, 0.1) is 6.54 Å². The molecule has 5 heteroatoms.